The molecule has 0 bridgehead atoms. The summed E-state index contributed by atoms with van der Waals surface area (Å²) in [6, 6.07) is 5.14. The molecule has 2 N–H and O–H groups in total. The zero-order valence-corrected chi connectivity index (χ0v) is 10.5. The van der Waals surface area contributed by atoms with Gasteiger partial charge in [0, 0.05) is 5.75 Å². The summed E-state index contributed by atoms with van der Waals surface area (Å²) in [4.78, 5) is 0.540. The van der Waals surface area contributed by atoms with Crippen LogP contribution in [-0.2, 0) is 10.8 Å². The number of hydrogen-bond acceptors (Lipinski definition) is 2. The molecule has 0 aliphatic heterocycles. The Balaban J connectivity index is 2.73. The molecule has 0 radical (unpaired) electrons. The van der Waals surface area contributed by atoms with Gasteiger partial charge < -0.3 is 5.73 Å². The van der Waals surface area contributed by atoms with Crippen molar-refractivity contribution in [1.29, 1.82) is 0 Å². The Labute approximate surface area is 102 Å². The Morgan fingerprint density at radius 3 is 2.33 bits per heavy atom. The number of rotatable bonds is 5. The van der Waals surface area contributed by atoms with Crippen LogP contribution in [0.25, 0.3) is 0 Å². The lowest BCUT2D eigenvalue weighted by Crippen LogP contribution is -2.04. The standard InChI is InChI=1S/C10H13Cl2NOS/c11-8-4-3-5-9(12)10(8)15(14)7-2-1-6-13/h3-5H,1-2,6-7,13H2. The third kappa shape index (κ3) is 3.76. The van der Waals surface area contributed by atoms with Gasteiger partial charge in [-0.3, -0.25) is 4.21 Å². The lowest BCUT2D eigenvalue weighted by molar-refractivity contribution is 0.678. The van der Waals surface area contributed by atoms with E-state index in [1.54, 1.807) is 18.2 Å². The van der Waals surface area contributed by atoms with Crippen LogP contribution in [0, 0.1) is 0 Å². The van der Waals surface area contributed by atoms with Crippen molar-refractivity contribution in [3.63, 3.8) is 0 Å². The zero-order valence-electron chi connectivity index (χ0n) is 8.21. The van der Waals surface area contributed by atoms with E-state index in [0.29, 0.717) is 27.2 Å². The summed E-state index contributed by atoms with van der Waals surface area (Å²) in [6.45, 7) is 0.619. The van der Waals surface area contributed by atoms with Crippen LogP contribution in [0.4, 0.5) is 0 Å². The molecule has 2 nitrogen and oxygen atoms in total. The van der Waals surface area contributed by atoms with Gasteiger partial charge in [0.1, 0.15) is 0 Å². The first kappa shape index (κ1) is 13.0. The topological polar surface area (TPSA) is 43.1 Å². The fourth-order valence-electron chi connectivity index (χ4n) is 1.18. The highest BCUT2D eigenvalue weighted by atomic mass is 35.5. The molecule has 0 fully saturated rings. The van der Waals surface area contributed by atoms with Gasteiger partial charge >= 0.3 is 0 Å². The van der Waals surface area contributed by atoms with Crippen molar-refractivity contribution in [1.82, 2.24) is 0 Å². The van der Waals surface area contributed by atoms with E-state index < -0.39 is 10.8 Å². The van der Waals surface area contributed by atoms with Crippen LogP contribution >= 0.6 is 23.2 Å². The molecule has 1 unspecified atom stereocenters. The maximum absolute atomic E-state index is 11.9. The third-order valence-electron chi connectivity index (χ3n) is 1.93. The molecule has 0 heterocycles. The smallest absolute Gasteiger partial charge is 0.0760 e. The molecular weight excluding hydrogens is 253 g/mol. The van der Waals surface area contributed by atoms with Crippen molar-refractivity contribution in [2.75, 3.05) is 12.3 Å². The molecule has 0 saturated heterocycles. The lowest BCUT2D eigenvalue weighted by Gasteiger charge is -2.06. The molecule has 0 spiro atoms. The second kappa shape index (κ2) is 6.48. The fraction of sp³-hybridized carbons (Fsp3) is 0.400. The summed E-state index contributed by atoms with van der Waals surface area (Å²) in [6.07, 6.45) is 1.69. The molecule has 5 heteroatoms. The monoisotopic (exact) mass is 265 g/mol. The maximum Gasteiger partial charge on any atom is 0.0760 e. The van der Waals surface area contributed by atoms with E-state index in [1.807, 2.05) is 0 Å². The van der Waals surface area contributed by atoms with E-state index in [4.69, 9.17) is 28.9 Å². The summed E-state index contributed by atoms with van der Waals surface area (Å²) in [5, 5.41) is 0.933. The minimum atomic E-state index is -1.13. The summed E-state index contributed by atoms with van der Waals surface area (Å²) in [5.41, 5.74) is 5.36. The molecule has 0 aromatic heterocycles. The average molecular weight is 266 g/mol. The highest BCUT2D eigenvalue weighted by Gasteiger charge is 2.12. The van der Waals surface area contributed by atoms with Crippen molar-refractivity contribution >= 4 is 34.0 Å². The number of benzene rings is 1. The van der Waals surface area contributed by atoms with Crippen LogP contribution in [0.15, 0.2) is 23.1 Å². The van der Waals surface area contributed by atoms with E-state index in [1.165, 1.54) is 0 Å². The summed E-state index contributed by atoms with van der Waals surface area (Å²) < 4.78 is 11.9. The van der Waals surface area contributed by atoms with Gasteiger partial charge in [0.25, 0.3) is 0 Å². The van der Waals surface area contributed by atoms with Gasteiger partial charge in [-0.1, -0.05) is 29.3 Å². The van der Waals surface area contributed by atoms with E-state index in [2.05, 4.69) is 0 Å². The van der Waals surface area contributed by atoms with Gasteiger partial charge in [-0.05, 0) is 31.5 Å². The summed E-state index contributed by atoms with van der Waals surface area (Å²) in [5.74, 6) is 0.556. The van der Waals surface area contributed by atoms with Gasteiger partial charge in [-0.15, -0.1) is 0 Å². The molecule has 1 atom stereocenters. The molecule has 0 amide bonds. The first-order valence-corrected chi connectivity index (χ1v) is 6.76. The van der Waals surface area contributed by atoms with Crippen molar-refractivity contribution in [2.45, 2.75) is 17.7 Å². The normalized spacial score (nSPS) is 12.7. The molecule has 1 rings (SSSR count). The van der Waals surface area contributed by atoms with Crippen molar-refractivity contribution in [2.24, 2.45) is 5.73 Å². The predicted octanol–water partition coefficient (Wildman–Crippen LogP) is 2.84. The first-order chi connectivity index (χ1) is 7.16. The largest absolute Gasteiger partial charge is 0.330 e. The third-order valence-corrected chi connectivity index (χ3v) is 4.34. The molecule has 0 aliphatic rings. The molecule has 0 saturated carbocycles. The predicted molar refractivity (Wildman–Crippen MR) is 66.0 cm³/mol. The van der Waals surface area contributed by atoms with Gasteiger partial charge in [0.2, 0.25) is 0 Å². The quantitative estimate of drug-likeness (QED) is 0.833. The van der Waals surface area contributed by atoms with Crippen LogP contribution in [0.2, 0.25) is 10.0 Å². The molecular formula is C10H13Cl2NOS. The van der Waals surface area contributed by atoms with Crippen LogP contribution in [0.1, 0.15) is 12.8 Å². The van der Waals surface area contributed by atoms with E-state index in [9.17, 15) is 4.21 Å². The summed E-state index contributed by atoms with van der Waals surface area (Å²) >= 11 is 11.9. The average Bonchev–Trinajstić information content (AvgIpc) is 2.18. The fourth-order valence-corrected chi connectivity index (χ4v) is 3.33. The van der Waals surface area contributed by atoms with Crippen molar-refractivity contribution in [3.05, 3.63) is 28.2 Å². The Hall–Kier alpha value is -0.0900. The van der Waals surface area contributed by atoms with Gasteiger partial charge in [0.15, 0.2) is 0 Å². The number of halogens is 2. The lowest BCUT2D eigenvalue weighted by atomic mass is 10.3. The number of nitrogens with two attached hydrogens (primary N) is 1. The molecule has 1 aromatic carbocycles. The number of hydrogen-bond donors (Lipinski definition) is 1. The van der Waals surface area contributed by atoms with Crippen LogP contribution in [0.5, 0.6) is 0 Å². The SMILES string of the molecule is NCCCCS(=O)c1c(Cl)cccc1Cl. The highest BCUT2D eigenvalue weighted by Crippen LogP contribution is 2.27. The Bertz CT molecular complexity index is 337. The minimum Gasteiger partial charge on any atom is -0.330 e. The molecule has 84 valence electrons. The van der Waals surface area contributed by atoms with Crippen LogP contribution in [-0.4, -0.2) is 16.5 Å². The van der Waals surface area contributed by atoms with E-state index >= 15 is 0 Å². The Morgan fingerprint density at radius 1 is 1.20 bits per heavy atom. The first-order valence-electron chi connectivity index (χ1n) is 4.69. The van der Waals surface area contributed by atoms with E-state index in [-0.39, 0.29) is 0 Å². The summed E-state index contributed by atoms with van der Waals surface area (Å²) in [7, 11) is -1.13. The van der Waals surface area contributed by atoms with Gasteiger partial charge in [-0.25, -0.2) is 0 Å². The second-order valence-corrected chi connectivity index (χ2v) is 5.42. The molecule has 1 aromatic rings. The Kier molecular flexibility index (Phi) is 5.61. The molecule has 15 heavy (non-hydrogen) atoms. The van der Waals surface area contributed by atoms with Crippen molar-refractivity contribution < 1.29 is 4.21 Å². The maximum atomic E-state index is 11.9. The van der Waals surface area contributed by atoms with Crippen molar-refractivity contribution in [3.8, 4) is 0 Å². The second-order valence-electron chi connectivity index (χ2n) is 3.10. The highest BCUT2D eigenvalue weighted by molar-refractivity contribution is 7.85. The van der Waals surface area contributed by atoms with Gasteiger partial charge in [0.05, 0.1) is 25.7 Å². The zero-order chi connectivity index (χ0) is 11.3. The van der Waals surface area contributed by atoms with Crippen LogP contribution < -0.4 is 5.73 Å². The molecule has 0 aliphatic carbocycles. The Morgan fingerprint density at radius 2 is 1.80 bits per heavy atom. The minimum absolute atomic E-state index is 0.466. The van der Waals surface area contributed by atoms with E-state index in [0.717, 1.165) is 12.8 Å². The van der Waals surface area contributed by atoms with Crippen LogP contribution in [0.3, 0.4) is 0 Å². The van der Waals surface area contributed by atoms with Gasteiger partial charge in [-0.2, -0.15) is 0 Å². The number of unbranched alkanes of at least 4 members (excludes halogenated alkanes) is 1.